The van der Waals surface area contributed by atoms with Crippen molar-refractivity contribution in [1.82, 2.24) is 19.8 Å². The van der Waals surface area contributed by atoms with Gasteiger partial charge in [-0.3, -0.25) is 19.6 Å². The first kappa shape index (κ1) is 20.9. The molecule has 2 aliphatic rings. The molecule has 0 saturated carbocycles. The van der Waals surface area contributed by atoms with Crippen molar-refractivity contribution in [1.29, 1.82) is 0 Å². The van der Waals surface area contributed by atoms with Crippen LogP contribution in [0.5, 0.6) is 0 Å². The van der Waals surface area contributed by atoms with E-state index in [-0.39, 0.29) is 18.0 Å². The first-order valence-corrected chi connectivity index (χ1v) is 11.8. The van der Waals surface area contributed by atoms with Crippen LogP contribution in [-0.2, 0) is 11.2 Å². The lowest BCUT2D eigenvalue weighted by atomic mass is 9.88. The highest BCUT2D eigenvalue weighted by molar-refractivity contribution is 6.31. The predicted octanol–water partition coefficient (Wildman–Crippen LogP) is 5.57. The van der Waals surface area contributed by atoms with Gasteiger partial charge in [0.15, 0.2) is 0 Å². The summed E-state index contributed by atoms with van der Waals surface area (Å²) in [5.41, 5.74) is 6.03. The maximum absolute atomic E-state index is 13.5. The van der Waals surface area contributed by atoms with Crippen LogP contribution in [0.2, 0.25) is 5.02 Å². The monoisotopic (exact) mass is 470 g/mol. The highest BCUT2D eigenvalue weighted by atomic mass is 35.5. The number of pyridine rings is 1. The molecule has 6 nitrogen and oxygen atoms in total. The molecule has 0 radical (unpaired) electrons. The van der Waals surface area contributed by atoms with E-state index >= 15 is 0 Å². The van der Waals surface area contributed by atoms with Crippen molar-refractivity contribution in [2.75, 3.05) is 0 Å². The lowest BCUT2D eigenvalue weighted by Gasteiger charge is -2.36. The summed E-state index contributed by atoms with van der Waals surface area (Å²) in [6, 6.07) is 16.5. The van der Waals surface area contributed by atoms with E-state index in [1.807, 2.05) is 56.3 Å². The summed E-state index contributed by atoms with van der Waals surface area (Å²) < 4.78 is 0. The number of fused-ring (bicyclic) bond motifs is 4. The van der Waals surface area contributed by atoms with Crippen LogP contribution >= 0.6 is 11.6 Å². The molecule has 0 spiro atoms. The first-order chi connectivity index (χ1) is 16.4. The number of amides is 3. The highest BCUT2D eigenvalue weighted by Gasteiger charge is 2.53. The van der Waals surface area contributed by atoms with Gasteiger partial charge < -0.3 is 4.98 Å². The number of carbonyl (C=O) groups excluding carboxylic acids is 2. The minimum absolute atomic E-state index is 0.138. The molecule has 1 saturated heterocycles. The second kappa shape index (κ2) is 7.71. The largest absolute Gasteiger partial charge is 0.356 e. The van der Waals surface area contributed by atoms with Crippen LogP contribution in [0.4, 0.5) is 4.79 Å². The number of imide groups is 1. The van der Waals surface area contributed by atoms with E-state index in [2.05, 4.69) is 22.1 Å². The zero-order chi connectivity index (χ0) is 23.6. The summed E-state index contributed by atoms with van der Waals surface area (Å²) in [7, 11) is 0. The van der Waals surface area contributed by atoms with Gasteiger partial charge in [-0.15, -0.1) is 0 Å². The molecule has 2 atom stereocenters. The third-order valence-electron chi connectivity index (χ3n) is 6.89. The summed E-state index contributed by atoms with van der Waals surface area (Å²) in [5.74, 6) is -0.138. The van der Waals surface area contributed by atoms with Crippen LogP contribution in [0.1, 0.15) is 36.7 Å². The molecule has 2 aliphatic heterocycles. The Labute approximate surface area is 202 Å². The molecule has 4 heterocycles. The van der Waals surface area contributed by atoms with Crippen molar-refractivity contribution < 1.29 is 9.59 Å². The van der Waals surface area contributed by atoms with E-state index < -0.39 is 12.1 Å². The minimum Gasteiger partial charge on any atom is -0.356 e. The molecular formula is C27H23ClN4O2. The predicted molar refractivity (Wildman–Crippen MR) is 132 cm³/mol. The number of H-pyrrole nitrogens is 1. The van der Waals surface area contributed by atoms with Gasteiger partial charge in [-0.1, -0.05) is 35.9 Å². The lowest BCUT2D eigenvalue weighted by molar-refractivity contribution is -0.129. The molecular weight excluding hydrogens is 448 g/mol. The van der Waals surface area contributed by atoms with Gasteiger partial charge in [-0.2, -0.15) is 0 Å². The summed E-state index contributed by atoms with van der Waals surface area (Å²) in [5, 5.41) is 1.65. The number of benzene rings is 2. The number of urea groups is 1. The number of nitrogens with one attached hydrogen (secondary N) is 1. The number of carbonyl (C=O) groups is 2. The number of rotatable bonds is 3. The van der Waals surface area contributed by atoms with Gasteiger partial charge in [0, 0.05) is 46.5 Å². The molecule has 34 heavy (non-hydrogen) atoms. The molecule has 0 aliphatic carbocycles. The Kier molecular flexibility index (Phi) is 4.74. The first-order valence-electron chi connectivity index (χ1n) is 11.4. The molecule has 2 unspecified atom stereocenters. The van der Waals surface area contributed by atoms with Gasteiger partial charge >= 0.3 is 6.03 Å². The molecule has 1 fully saturated rings. The van der Waals surface area contributed by atoms with Gasteiger partial charge in [0.1, 0.15) is 12.1 Å². The fourth-order valence-electron chi connectivity index (χ4n) is 5.34. The third-order valence-corrected chi connectivity index (χ3v) is 7.13. The highest BCUT2D eigenvalue weighted by Crippen LogP contribution is 2.45. The molecule has 0 bridgehead atoms. The second-order valence-corrected chi connectivity index (χ2v) is 9.62. The Morgan fingerprint density at radius 1 is 1.00 bits per heavy atom. The quantitative estimate of drug-likeness (QED) is 0.398. The second-order valence-electron chi connectivity index (χ2n) is 9.18. The van der Waals surface area contributed by atoms with E-state index in [9.17, 15) is 9.59 Å². The number of halogens is 1. The number of hydrogen-bond acceptors (Lipinski definition) is 3. The molecule has 170 valence electrons. The van der Waals surface area contributed by atoms with Crippen molar-refractivity contribution in [3.05, 3.63) is 88.8 Å². The van der Waals surface area contributed by atoms with E-state index in [1.54, 1.807) is 17.3 Å². The van der Waals surface area contributed by atoms with Crippen LogP contribution < -0.4 is 0 Å². The summed E-state index contributed by atoms with van der Waals surface area (Å²) in [6.45, 7) is 3.75. The minimum atomic E-state index is -0.537. The maximum Gasteiger partial charge on any atom is 0.328 e. The van der Waals surface area contributed by atoms with E-state index in [0.717, 1.165) is 38.9 Å². The average Bonchev–Trinajstić information content (AvgIpc) is 3.32. The molecule has 7 heteroatoms. The van der Waals surface area contributed by atoms with Gasteiger partial charge in [0.25, 0.3) is 5.91 Å². The van der Waals surface area contributed by atoms with Gasteiger partial charge in [-0.25, -0.2) is 4.79 Å². The van der Waals surface area contributed by atoms with Gasteiger partial charge in [0.05, 0.1) is 0 Å². The number of hydrogen-bond donors (Lipinski definition) is 1. The van der Waals surface area contributed by atoms with Crippen molar-refractivity contribution >= 4 is 34.4 Å². The lowest BCUT2D eigenvalue weighted by Crippen LogP contribution is -2.44. The van der Waals surface area contributed by atoms with Crippen LogP contribution in [0.3, 0.4) is 0 Å². The molecule has 2 aromatic heterocycles. The smallest absolute Gasteiger partial charge is 0.328 e. The van der Waals surface area contributed by atoms with Crippen LogP contribution in [-0.4, -0.2) is 43.8 Å². The zero-order valence-corrected chi connectivity index (χ0v) is 19.6. The fraction of sp³-hybridized carbons (Fsp3) is 0.222. The normalized spacial score (nSPS) is 19.8. The van der Waals surface area contributed by atoms with Crippen molar-refractivity contribution in [2.45, 2.75) is 38.4 Å². The van der Waals surface area contributed by atoms with E-state index in [4.69, 9.17) is 11.6 Å². The molecule has 6 rings (SSSR count). The Hall–Kier alpha value is -3.64. The molecule has 4 aromatic rings. The number of nitrogens with zero attached hydrogens (tertiary/aromatic N) is 3. The summed E-state index contributed by atoms with van der Waals surface area (Å²) >= 11 is 6.32. The van der Waals surface area contributed by atoms with Gasteiger partial charge in [-0.05, 0) is 66.4 Å². The topological polar surface area (TPSA) is 69.3 Å². The molecule has 1 N–H and O–H groups in total. The number of aromatic nitrogens is 2. The van der Waals surface area contributed by atoms with E-state index in [0.29, 0.717) is 11.4 Å². The Morgan fingerprint density at radius 2 is 1.71 bits per heavy atom. The Balaban J connectivity index is 1.52. The van der Waals surface area contributed by atoms with Crippen molar-refractivity contribution in [3.63, 3.8) is 0 Å². The summed E-state index contributed by atoms with van der Waals surface area (Å²) in [6.07, 6.45) is 4.01. The molecule has 2 aromatic carbocycles. The SMILES string of the molecule is CC(C)N1C(=O)C2Cc3c([nH]c4ccc(Cl)cc34)C(c3ccc(-c4ccncc4)cc3)N2C1=O. The van der Waals surface area contributed by atoms with Crippen LogP contribution in [0.25, 0.3) is 22.0 Å². The van der Waals surface area contributed by atoms with E-state index in [1.165, 1.54) is 4.90 Å². The van der Waals surface area contributed by atoms with Gasteiger partial charge in [0.2, 0.25) is 0 Å². The Bertz CT molecular complexity index is 1430. The van der Waals surface area contributed by atoms with Crippen LogP contribution in [0.15, 0.2) is 67.0 Å². The standard InChI is InChI=1S/C27H23ClN4O2/c1-15(2)31-26(33)23-14-21-20-13-19(28)7-8-22(20)30-24(21)25(32(23)27(31)34)18-5-3-16(4-6-18)17-9-11-29-12-10-17/h3-13,15,23,25,30H,14H2,1-2H3. The Morgan fingerprint density at radius 3 is 2.41 bits per heavy atom. The van der Waals surface area contributed by atoms with Crippen molar-refractivity contribution in [3.8, 4) is 11.1 Å². The average molecular weight is 471 g/mol. The maximum atomic E-state index is 13.5. The fourth-order valence-corrected chi connectivity index (χ4v) is 5.51. The summed E-state index contributed by atoms with van der Waals surface area (Å²) in [4.78, 5) is 37.7. The van der Waals surface area contributed by atoms with Crippen molar-refractivity contribution in [2.24, 2.45) is 0 Å². The third kappa shape index (κ3) is 3.06. The zero-order valence-electron chi connectivity index (χ0n) is 18.8. The molecule has 3 amide bonds. The number of aromatic amines is 1. The van der Waals surface area contributed by atoms with Crippen LogP contribution in [0, 0.1) is 0 Å².